The van der Waals surface area contributed by atoms with Crippen LogP contribution in [0.25, 0.3) is 10.9 Å². The van der Waals surface area contributed by atoms with Gasteiger partial charge in [0.25, 0.3) is 11.2 Å². The molecule has 3 aromatic carbocycles. The second-order valence-corrected chi connectivity index (χ2v) is 7.79. The van der Waals surface area contributed by atoms with Gasteiger partial charge in [0.15, 0.2) is 5.78 Å². The Morgan fingerprint density at radius 1 is 0.882 bits per heavy atom. The lowest BCUT2D eigenvalue weighted by atomic mass is 10.1. The molecule has 0 spiro atoms. The zero-order valence-electron chi connectivity index (χ0n) is 18.1. The van der Waals surface area contributed by atoms with Crippen molar-refractivity contribution in [2.24, 2.45) is 0 Å². The number of aryl methyl sites for hydroxylation is 1. The second kappa shape index (κ2) is 9.63. The van der Waals surface area contributed by atoms with Gasteiger partial charge in [0.05, 0.1) is 22.4 Å². The van der Waals surface area contributed by atoms with Crippen molar-refractivity contribution in [3.05, 3.63) is 120 Å². The van der Waals surface area contributed by atoms with E-state index in [9.17, 15) is 24.5 Å². The van der Waals surface area contributed by atoms with Crippen LogP contribution in [0.1, 0.15) is 21.5 Å². The third-order valence-electron chi connectivity index (χ3n) is 5.66. The topological polar surface area (TPSA) is 124 Å². The Balaban J connectivity index is 1.69. The molecular weight excluding hydrogens is 438 g/mol. The minimum atomic E-state index is -0.580. The van der Waals surface area contributed by atoms with E-state index in [1.807, 2.05) is 0 Å². The first kappa shape index (κ1) is 22.8. The highest BCUT2D eigenvalue weighted by Gasteiger charge is 2.14. The predicted molar refractivity (Wildman–Crippen MR) is 126 cm³/mol. The van der Waals surface area contributed by atoms with Crippen molar-refractivity contribution in [1.29, 1.82) is 0 Å². The first-order chi connectivity index (χ1) is 16.4. The molecule has 172 valence electrons. The third-order valence-corrected chi connectivity index (χ3v) is 5.66. The van der Waals surface area contributed by atoms with Gasteiger partial charge in [0.1, 0.15) is 6.61 Å². The number of hydrogen-bond donors (Lipinski definition) is 1. The van der Waals surface area contributed by atoms with Crippen LogP contribution in [0.4, 0.5) is 5.69 Å². The molecule has 9 heteroatoms. The molecule has 1 N–H and O–H groups in total. The largest absolute Gasteiger partial charge is 0.388 e. The number of benzene rings is 3. The quantitative estimate of drug-likeness (QED) is 0.245. The highest BCUT2D eigenvalue weighted by Crippen LogP contribution is 2.14. The van der Waals surface area contributed by atoms with E-state index in [-0.39, 0.29) is 18.8 Å². The lowest BCUT2D eigenvalue weighted by Crippen LogP contribution is -2.40. The van der Waals surface area contributed by atoms with E-state index in [1.165, 1.54) is 21.3 Å². The number of hydrogen-bond acceptors (Lipinski definition) is 6. The fourth-order valence-corrected chi connectivity index (χ4v) is 3.82. The van der Waals surface area contributed by atoms with Crippen molar-refractivity contribution in [3.63, 3.8) is 0 Å². The number of para-hydroxylation sites is 1. The Morgan fingerprint density at radius 3 is 2.18 bits per heavy atom. The van der Waals surface area contributed by atoms with Crippen LogP contribution in [0.2, 0.25) is 0 Å². The van der Waals surface area contributed by atoms with E-state index < -0.39 is 28.6 Å². The molecule has 4 aromatic rings. The number of carbonyl (C=O) groups is 1. The number of rotatable bonds is 8. The summed E-state index contributed by atoms with van der Waals surface area (Å²) in [4.78, 5) is 48.4. The van der Waals surface area contributed by atoms with E-state index in [0.29, 0.717) is 22.9 Å². The molecule has 1 heterocycles. The molecule has 0 unspecified atom stereocenters. The maximum atomic E-state index is 13.3. The van der Waals surface area contributed by atoms with Gasteiger partial charge >= 0.3 is 5.69 Å². The highest BCUT2D eigenvalue weighted by molar-refractivity contribution is 5.96. The van der Waals surface area contributed by atoms with E-state index in [2.05, 4.69) is 0 Å². The number of nitrogens with zero attached hydrogens (tertiary/aromatic N) is 3. The van der Waals surface area contributed by atoms with Gasteiger partial charge in [-0.1, -0.05) is 48.5 Å². The Bertz CT molecular complexity index is 1480. The van der Waals surface area contributed by atoms with Crippen LogP contribution in [0.15, 0.2) is 82.4 Å². The molecule has 1 aromatic heterocycles. The van der Waals surface area contributed by atoms with Crippen molar-refractivity contribution in [2.75, 3.05) is 6.61 Å². The molecule has 0 aliphatic rings. The summed E-state index contributed by atoms with van der Waals surface area (Å²) in [6.07, 6.45) is 0.351. The minimum absolute atomic E-state index is 0.0271. The molecule has 0 atom stereocenters. The molecule has 0 saturated carbocycles. The summed E-state index contributed by atoms with van der Waals surface area (Å²) >= 11 is 0. The smallest absolute Gasteiger partial charge is 0.331 e. The van der Waals surface area contributed by atoms with E-state index in [4.69, 9.17) is 5.11 Å². The molecule has 0 saturated heterocycles. The molecule has 0 aliphatic carbocycles. The molecular formula is C25H21N3O6. The predicted octanol–water partition coefficient (Wildman–Crippen LogP) is 2.54. The van der Waals surface area contributed by atoms with Crippen LogP contribution in [0.3, 0.4) is 0 Å². The number of aliphatic hydroxyl groups is 1. The number of fused-ring (bicyclic) bond motifs is 1. The average molecular weight is 459 g/mol. The average Bonchev–Trinajstić information content (AvgIpc) is 2.86. The Kier molecular flexibility index (Phi) is 6.46. The summed E-state index contributed by atoms with van der Waals surface area (Å²) in [6.45, 7) is -0.280. The van der Waals surface area contributed by atoms with Crippen molar-refractivity contribution in [1.82, 2.24) is 9.13 Å². The molecule has 4 rings (SSSR count). The lowest BCUT2D eigenvalue weighted by molar-refractivity contribution is -0.384. The van der Waals surface area contributed by atoms with Crippen LogP contribution in [0, 0.1) is 10.1 Å². The summed E-state index contributed by atoms with van der Waals surface area (Å²) in [5.74, 6) is -0.394. The fourth-order valence-electron chi connectivity index (χ4n) is 3.82. The summed E-state index contributed by atoms with van der Waals surface area (Å²) in [7, 11) is 0. The van der Waals surface area contributed by atoms with Crippen LogP contribution < -0.4 is 11.2 Å². The third kappa shape index (κ3) is 4.55. The van der Waals surface area contributed by atoms with Crippen LogP contribution in [-0.2, 0) is 19.5 Å². The maximum absolute atomic E-state index is 13.3. The van der Waals surface area contributed by atoms with Crippen LogP contribution in [0.5, 0.6) is 0 Å². The van der Waals surface area contributed by atoms with Crippen molar-refractivity contribution in [2.45, 2.75) is 19.5 Å². The van der Waals surface area contributed by atoms with Gasteiger partial charge in [-0.15, -0.1) is 0 Å². The maximum Gasteiger partial charge on any atom is 0.331 e. The van der Waals surface area contributed by atoms with Crippen LogP contribution in [-0.4, -0.2) is 31.6 Å². The van der Waals surface area contributed by atoms with Gasteiger partial charge in [-0.05, 0) is 29.7 Å². The normalized spacial score (nSPS) is 11.0. The summed E-state index contributed by atoms with van der Waals surface area (Å²) in [5, 5.41) is 20.3. The Hall–Kier alpha value is -4.37. The highest BCUT2D eigenvalue weighted by atomic mass is 16.6. The number of non-ortho nitro benzene ring substituents is 1. The molecule has 9 nitrogen and oxygen atoms in total. The first-order valence-corrected chi connectivity index (χ1v) is 10.6. The van der Waals surface area contributed by atoms with Gasteiger partial charge in [-0.25, -0.2) is 4.79 Å². The summed E-state index contributed by atoms with van der Waals surface area (Å²) in [6, 6.07) is 19.4. The number of carbonyl (C=O) groups excluding carboxylic acids is 1. The number of nitro groups is 1. The van der Waals surface area contributed by atoms with Crippen molar-refractivity contribution >= 4 is 22.4 Å². The lowest BCUT2D eigenvalue weighted by Gasteiger charge is -2.14. The van der Waals surface area contributed by atoms with Gasteiger partial charge in [-0.3, -0.25) is 28.8 Å². The zero-order chi connectivity index (χ0) is 24.2. The van der Waals surface area contributed by atoms with Crippen molar-refractivity contribution < 1.29 is 14.8 Å². The number of Topliss-reactive ketones (excluding diaryl/α,β-unsaturated/α-hetero) is 1. The Labute approximate surface area is 193 Å². The molecule has 0 radical (unpaired) electrons. The monoisotopic (exact) mass is 459 g/mol. The molecule has 0 bridgehead atoms. The second-order valence-electron chi connectivity index (χ2n) is 7.79. The molecule has 0 fully saturated rings. The Morgan fingerprint density at radius 2 is 1.53 bits per heavy atom. The summed E-state index contributed by atoms with van der Waals surface area (Å²) in [5.41, 5.74) is 1.49. The van der Waals surface area contributed by atoms with Gasteiger partial charge < -0.3 is 5.11 Å². The van der Waals surface area contributed by atoms with Crippen LogP contribution >= 0.6 is 0 Å². The van der Waals surface area contributed by atoms with Gasteiger partial charge in [0.2, 0.25) is 0 Å². The summed E-state index contributed by atoms with van der Waals surface area (Å²) < 4.78 is 2.68. The van der Waals surface area contributed by atoms with Gasteiger partial charge in [-0.2, -0.15) is 0 Å². The molecule has 0 aliphatic heterocycles. The standard InChI is InChI=1S/C25H21N3O6/c29-16-23(30)19-9-5-18(6-10-19)15-27-22-4-2-1-3-21(22)24(31)26(25(27)32)14-13-17-7-11-20(12-8-17)28(33)34/h1-12,29H,13-16H2. The number of aliphatic hydroxyl groups excluding tert-OH is 1. The van der Waals surface area contributed by atoms with E-state index in [0.717, 1.165) is 11.1 Å². The van der Waals surface area contributed by atoms with Gasteiger partial charge in [0, 0.05) is 24.2 Å². The van der Waals surface area contributed by atoms with Crippen molar-refractivity contribution in [3.8, 4) is 0 Å². The number of aromatic nitrogens is 2. The first-order valence-electron chi connectivity index (χ1n) is 10.6. The number of nitro benzene ring substituents is 1. The number of ketones is 1. The molecule has 34 heavy (non-hydrogen) atoms. The molecule has 0 amide bonds. The zero-order valence-corrected chi connectivity index (χ0v) is 18.1. The minimum Gasteiger partial charge on any atom is -0.388 e. The SMILES string of the molecule is O=C(CO)c1ccc(Cn2c(=O)n(CCc3ccc([N+](=O)[O-])cc3)c(=O)c3ccccc32)cc1. The van der Waals surface area contributed by atoms with E-state index in [1.54, 1.807) is 60.7 Å². The van der Waals surface area contributed by atoms with E-state index >= 15 is 0 Å². The fraction of sp³-hybridized carbons (Fsp3) is 0.160.